The summed E-state index contributed by atoms with van der Waals surface area (Å²) in [6, 6.07) is 3.77. The third-order valence-corrected chi connectivity index (χ3v) is 3.22. The van der Waals surface area contributed by atoms with E-state index in [2.05, 4.69) is 21.2 Å². The Morgan fingerprint density at radius 1 is 1.53 bits per heavy atom. The van der Waals surface area contributed by atoms with E-state index in [0.29, 0.717) is 6.54 Å². The van der Waals surface area contributed by atoms with E-state index in [0.717, 1.165) is 21.3 Å². The number of rotatable bonds is 4. The summed E-state index contributed by atoms with van der Waals surface area (Å²) in [7, 11) is 3.42. The maximum absolute atomic E-state index is 9.97. The highest BCUT2D eigenvalue weighted by Gasteiger charge is 2.16. The Labute approximate surface area is 98.6 Å². The van der Waals surface area contributed by atoms with Crippen LogP contribution in [0, 0.1) is 6.92 Å². The Balaban J connectivity index is 3.17. The maximum Gasteiger partial charge on any atom is 0.125 e. The summed E-state index contributed by atoms with van der Waals surface area (Å²) in [6.07, 6.45) is -0.553. The van der Waals surface area contributed by atoms with Crippen LogP contribution < -0.4 is 10.1 Å². The van der Waals surface area contributed by atoms with Crippen molar-refractivity contribution >= 4 is 15.9 Å². The van der Waals surface area contributed by atoms with Crippen molar-refractivity contribution in [2.75, 3.05) is 20.7 Å². The number of benzene rings is 1. The number of likely N-dealkylation sites (N-methyl/N-ethyl adjacent to an activating group) is 1. The predicted octanol–water partition coefficient (Wildman–Crippen LogP) is 2.02. The van der Waals surface area contributed by atoms with Crippen molar-refractivity contribution in [3.63, 3.8) is 0 Å². The fraction of sp³-hybridized carbons (Fsp3) is 0.455. The molecule has 4 heteroatoms. The second-order valence-corrected chi connectivity index (χ2v) is 4.22. The van der Waals surface area contributed by atoms with Gasteiger partial charge in [-0.25, -0.2) is 0 Å². The van der Waals surface area contributed by atoms with Gasteiger partial charge in [-0.05, 0) is 31.7 Å². The molecule has 2 N–H and O–H groups in total. The molecule has 0 bridgehead atoms. The average molecular weight is 274 g/mol. The van der Waals surface area contributed by atoms with Crippen LogP contribution in [0.15, 0.2) is 16.6 Å². The van der Waals surface area contributed by atoms with Crippen molar-refractivity contribution in [2.45, 2.75) is 13.0 Å². The van der Waals surface area contributed by atoms with Gasteiger partial charge >= 0.3 is 0 Å². The van der Waals surface area contributed by atoms with Crippen LogP contribution in [0.2, 0.25) is 0 Å². The number of aliphatic hydroxyl groups excluding tert-OH is 1. The largest absolute Gasteiger partial charge is 0.496 e. The number of nitrogens with one attached hydrogen (secondary N) is 1. The number of aliphatic hydroxyl groups is 1. The normalized spacial score (nSPS) is 12.6. The van der Waals surface area contributed by atoms with Crippen LogP contribution in [0.25, 0.3) is 0 Å². The topological polar surface area (TPSA) is 41.5 Å². The van der Waals surface area contributed by atoms with E-state index in [1.54, 1.807) is 7.11 Å². The first-order valence-corrected chi connectivity index (χ1v) is 5.56. The van der Waals surface area contributed by atoms with Crippen LogP contribution in [0.3, 0.4) is 0 Å². The third kappa shape index (κ3) is 2.71. The molecule has 0 aliphatic rings. The minimum Gasteiger partial charge on any atom is -0.496 e. The highest BCUT2D eigenvalue weighted by molar-refractivity contribution is 9.10. The van der Waals surface area contributed by atoms with Crippen molar-refractivity contribution in [3.8, 4) is 5.75 Å². The van der Waals surface area contributed by atoms with Crippen molar-refractivity contribution < 1.29 is 9.84 Å². The number of hydrogen-bond donors (Lipinski definition) is 2. The average Bonchev–Trinajstić information content (AvgIpc) is 2.22. The van der Waals surface area contributed by atoms with Crippen molar-refractivity contribution in [1.29, 1.82) is 0 Å². The van der Waals surface area contributed by atoms with Gasteiger partial charge in [-0.15, -0.1) is 0 Å². The Kier molecular flexibility index (Phi) is 4.57. The van der Waals surface area contributed by atoms with Crippen molar-refractivity contribution in [1.82, 2.24) is 5.32 Å². The van der Waals surface area contributed by atoms with Gasteiger partial charge in [0.25, 0.3) is 0 Å². The molecule has 0 saturated heterocycles. The van der Waals surface area contributed by atoms with Crippen LogP contribution in [-0.2, 0) is 0 Å². The molecular weight excluding hydrogens is 258 g/mol. The molecule has 0 amide bonds. The van der Waals surface area contributed by atoms with Gasteiger partial charge in [0.2, 0.25) is 0 Å². The Hall–Kier alpha value is -0.580. The molecular formula is C11H16BrNO2. The summed E-state index contributed by atoms with van der Waals surface area (Å²) in [5.41, 5.74) is 1.85. The number of ether oxygens (including phenoxy) is 1. The summed E-state index contributed by atoms with van der Waals surface area (Å²) in [6.45, 7) is 2.47. The van der Waals surface area contributed by atoms with E-state index < -0.39 is 6.10 Å². The molecule has 3 nitrogen and oxygen atoms in total. The van der Waals surface area contributed by atoms with Crippen LogP contribution in [0.5, 0.6) is 5.75 Å². The third-order valence-electron chi connectivity index (χ3n) is 2.36. The second kappa shape index (κ2) is 5.49. The molecule has 15 heavy (non-hydrogen) atoms. The van der Waals surface area contributed by atoms with Gasteiger partial charge in [0.15, 0.2) is 0 Å². The molecule has 0 aliphatic carbocycles. The lowest BCUT2D eigenvalue weighted by molar-refractivity contribution is 0.172. The minimum absolute atomic E-state index is 0.508. The van der Waals surface area contributed by atoms with Gasteiger partial charge in [0.1, 0.15) is 5.75 Å². The van der Waals surface area contributed by atoms with Gasteiger partial charge in [-0.1, -0.05) is 15.9 Å². The second-order valence-electron chi connectivity index (χ2n) is 3.36. The monoisotopic (exact) mass is 273 g/mol. The number of hydrogen-bond acceptors (Lipinski definition) is 3. The van der Waals surface area contributed by atoms with Crippen LogP contribution in [-0.4, -0.2) is 25.8 Å². The molecule has 0 heterocycles. The zero-order chi connectivity index (χ0) is 11.4. The quantitative estimate of drug-likeness (QED) is 0.882. The van der Waals surface area contributed by atoms with E-state index in [1.807, 2.05) is 26.1 Å². The molecule has 1 atom stereocenters. The lowest BCUT2D eigenvalue weighted by Crippen LogP contribution is -2.18. The van der Waals surface area contributed by atoms with E-state index in [-0.39, 0.29) is 0 Å². The number of methoxy groups -OCH3 is 1. The van der Waals surface area contributed by atoms with E-state index in [1.165, 1.54) is 0 Å². The first-order valence-electron chi connectivity index (χ1n) is 4.77. The molecule has 1 unspecified atom stereocenters. The highest BCUT2D eigenvalue weighted by Crippen LogP contribution is 2.32. The highest BCUT2D eigenvalue weighted by atomic mass is 79.9. The molecule has 0 aromatic heterocycles. The maximum atomic E-state index is 9.97. The fourth-order valence-corrected chi connectivity index (χ4v) is 1.91. The summed E-state index contributed by atoms with van der Waals surface area (Å²) >= 11 is 3.44. The van der Waals surface area contributed by atoms with Gasteiger partial charge in [0, 0.05) is 16.6 Å². The molecule has 0 saturated carbocycles. The molecule has 0 spiro atoms. The molecule has 0 radical (unpaired) electrons. The zero-order valence-corrected chi connectivity index (χ0v) is 10.8. The number of halogens is 1. The summed E-state index contributed by atoms with van der Waals surface area (Å²) in [4.78, 5) is 0. The van der Waals surface area contributed by atoms with Crippen molar-refractivity contribution in [2.24, 2.45) is 0 Å². The summed E-state index contributed by atoms with van der Waals surface area (Å²) in [5.74, 6) is 0.721. The van der Waals surface area contributed by atoms with Gasteiger partial charge in [-0.3, -0.25) is 0 Å². The van der Waals surface area contributed by atoms with E-state index in [9.17, 15) is 5.11 Å². The summed E-state index contributed by atoms with van der Waals surface area (Å²) < 4.78 is 6.22. The SMILES string of the molecule is CNCC(O)c1c(OC)ccc(Br)c1C. The van der Waals surface area contributed by atoms with Gasteiger partial charge in [-0.2, -0.15) is 0 Å². The zero-order valence-electron chi connectivity index (χ0n) is 9.17. The molecule has 0 aliphatic heterocycles. The van der Waals surface area contributed by atoms with Crippen LogP contribution in [0.1, 0.15) is 17.2 Å². The van der Waals surface area contributed by atoms with Crippen molar-refractivity contribution in [3.05, 3.63) is 27.7 Å². The fourth-order valence-electron chi connectivity index (χ4n) is 1.56. The molecule has 1 aromatic carbocycles. The summed E-state index contributed by atoms with van der Waals surface area (Å²) in [5, 5.41) is 12.9. The van der Waals surface area contributed by atoms with Crippen LogP contribution >= 0.6 is 15.9 Å². The molecule has 84 valence electrons. The van der Waals surface area contributed by atoms with Crippen LogP contribution in [0.4, 0.5) is 0 Å². The van der Waals surface area contributed by atoms with E-state index >= 15 is 0 Å². The Bertz CT molecular complexity index is 342. The predicted molar refractivity (Wildman–Crippen MR) is 64.3 cm³/mol. The first-order chi connectivity index (χ1) is 7.11. The minimum atomic E-state index is -0.553. The molecule has 0 fully saturated rings. The van der Waals surface area contributed by atoms with E-state index in [4.69, 9.17) is 4.74 Å². The lowest BCUT2D eigenvalue weighted by Gasteiger charge is -2.18. The smallest absolute Gasteiger partial charge is 0.125 e. The molecule has 1 rings (SSSR count). The Morgan fingerprint density at radius 3 is 2.73 bits per heavy atom. The first kappa shape index (κ1) is 12.5. The Morgan fingerprint density at radius 2 is 2.20 bits per heavy atom. The lowest BCUT2D eigenvalue weighted by atomic mass is 10.0. The van der Waals surface area contributed by atoms with Gasteiger partial charge in [0.05, 0.1) is 13.2 Å². The van der Waals surface area contributed by atoms with Gasteiger partial charge < -0.3 is 15.2 Å². The molecule has 1 aromatic rings. The standard InChI is InChI=1S/C11H16BrNO2/c1-7-8(12)4-5-10(15-3)11(7)9(14)6-13-2/h4-5,9,13-14H,6H2,1-3H3.